The molecule has 0 heterocycles. The van der Waals surface area contributed by atoms with Crippen molar-refractivity contribution in [3.05, 3.63) is 181 Å². The Morgan fingerprint density at radius 2 is 0.620 bits per heavy atom. The molecule has 0 saturated heterocycles. The smallest absolute Gasteiger partial charge is 0.207 e. The van der Waals surface area contributed by atoms with E-state index in [1.165, 1.54) is 8.15 Å². The Hall–Kier alpha value is -4.00. The van der Waals surface area contributed by atoms with Crippen molar-refractivity contribution in [3.8, 4) is 0 Å². The average Bonchev–Trinajstić information content (AvgIpc) is 3.14. The molecule has 0 atom stereocenters. The predicted octanol–water partition coefficient (Wildman–Crippen LogP) is 7.08. The highest BCUT2D eigenvalue weighted by Gasteiger charge is 2.38. The molecule has 6 aromatic carbocycles. The van der Waals surface area contributed by atoms with Gasteiger partial charge < -0.3 is 0 Å². The summed E-state index contributed by atoms with van der Waals surface area (Å²) < 4.78 is 62.6. The molecular weight excluding hydrogens is 699 g/mol. The van der Waals surface area contributed by atoms with Crippen LogP contribution < -0.4 is 21.2 Å². The lowest BCUT2D eigenvalue weighted by atomic mass is 10.2. The summed E-state index contributed by atoms with van der Waals surface area (Å²) in [5.41, 5.74) is 1.88. The lowest BCUT2D eigenvalue weighted by molar-refractivity contribution is 0.498. The zero-order chi connectivity index (χ0) is 35.1. The van der Waals surface area contributed by atoms with Gasteiger partial charge in [0.2, 0.25) is 20.0 Å². The molecule has 6 nitrogen and oxygen atoms in total. The van der Waals surface area contributed by atoms with Gasteiger partial charge in [-0.3, -0.25) is 0 Å². The van der Waals surface area contributed by atoms with Crippen molar-refractivity contribution in [3.63, 3.8) is 0 Å². The minimum absolute atomic E-state index is 0.0880. The van der Waals surface area contributed by atoms with Gasteiger partial charge in [-0.2, -0.15) is 8.15 Å². The van der Waals surface area contributed by atoms with Crippen LogP contribution in [0.15, 0.2) is 180 Å². The van der Waals surface area contributed by atoms with E-state index in [-0.39, 0.29) is 22.9 Å². The van der Waals surface area contributed by atoms with E-state index in [1.807, 2.05) is 135 Å². The zero-order valence-corrected chi connectivity index (χ0v) is 31.2. The normalized spacial score (nSPS) is 12.2. The molecule has 0 saturated carbocycles. The summed E-state index contributed by atoms with van der Waals surface area (Å²) in [7, 11) is -11.6. The summed E-state index contributed by atoms with van der Waals surface area (Å²) in [6.45, 7) is 3.65. The molecule has 0 fully saturated rings. The number of hydrogen-bond acceptors (Lipinski definition) is 4. The highest BCUT2D eigenvalue weighted by molar-refractivity contribution is 7.97. The van der Waals surface area contributed by atoms with Gasteiger partial charge in [0.25, 0.3) is 0 Å². The second-order valence-corrected chi connectivity index (χ2v) is 20.2. The third-order valence-corrected chi connectivity index (χ3v) is 18.0. The molecule has 0 spiro atoms. The largest absolute Gasteiger partial charge is 0.247 e. The van der Waals surface area contributed by atoms with Crippen LogP contribution in [0.25, 0.3) is 0 Å². The molecule has 0 unspecified atom stereocenters. The van der Waals surface area contributed by atoms with Gasteiger partial charge in [-0.1, -0.05) is 157 Å². The minimum Gasteiger partial charge on any atom is -0.207 e. The van der Waals surface area contributed by atoms with Gasteiger partial charge in [0, 0.05) is 29.2 Å². The molecular formula is C40H38N2O4P2S2. The van der Waals surface area contributed by atoms with E-state index in [1.54, 1.807) is 48.5 Å². The predicted molar refractivity (Wildman–Crippen MR) is 208 cm³/mol. The topological polar surface area (TPSA) is 74.8 Å². The molecule has 0 aliphatic heterocycles. The standard InChI is InChI=1S/C40H38N2O4P2S2/c1-33-23-27-39(28-24-33)49(43,44)41(47(35-15-7-3-8-16-35)36-17-9-4-10-18-36)31-32-42(50(45,46)40-29-25-34(2)26-30-40)48(37-19-11-5-12-20-37)38-21-13-6-14-22-38/h3-30H,31-32H2,1-2H3. The van der Waals surface area contributed by atoms with Gasteiger partial charge in [0.15, 0.2) is 0 Å². The van der Waals surface area contributed by atoms with Crippen molar-refractivity contribution in [2.45, 2.75) is 23.6 Å². The Bertz CT molecular complexity index is 1970. The fraction of sp³-hybridized carbons (Fsp3) is 0.100. The van der Waals surface area contributed by atoms with Gasteiger partial charge in [-0.05, 0) is 59.3 Å². The van der Waals surface area contributed by atoms with Gasteiger partial charge in [-0.15, -0.1) is 0 Å². The van der Waals surface area contributed by atoms with E-state index in [2.05, 4.69) is 0 Å². The maximum absolute atomic E-state index is 14.9. The highest BCUT2D eigenvalue weighted by Crippen LogP contribution is 2.46. The fourth-order valence-corrected chi connectivity index (χ4v) is 15.1. The van der Waals surface area contributed by atoms with Crippen LogP contribution in [0.2, 0.25) is 0 Å². The first-order valence-electron chi connectivity index (χ1n) is 16.2. The van der Waals surface area contributed by atoms with Crippen LogP contribution in [0.4, 0.5) is 0 Å². The van der Waals surface area contributed by atoms with Crippen molar-refractivity contribution in [1.82, 2.24) is 8.15 Å². The van der Waals surface area contributed by atoms with Gasteiger partial charge >= 0.3 is 0 Å². The van der Waals surface area contributed by atoms with E-state index >= 15 is 0 Å². The second kappa shape index (κ2) is 15.9. The maximum atomic E-state index is 14.9. The van der Waals surface area contributed by atoms with Crippen molar-refractivity contribution in [2.75, 3.05) is 13.1 Å². The monoisotopic (exact) mass is 736 g/mol. The van der Waals surface area contributed by atoms with Crippen molar-refractivity contribution in [1.29, 1.82) is 0 Å². The van der Waals surface area contributed by atoms with E-state index in [4.69, 9.17) is 0 Å². The van der Waals surface area contributed by atoms with Crippen LogP contribution in [0.1, 0.15) is 11.1 Å². The van der Waals surface area contributed by atoms with Crippen LogP contribution in [0.5, 0.6) is 0 Å². The summed E-state index contributed by atoms with van der Waals surface area (Å²) in [6.07, 6.45) is 0. The average molecular weight is 737 g/mol. The van der Waals surface area contributed by atoms with Crippen LogP contribution in [-0.2, 0) is 20.0 Å². The van der Waals surface area contributed by atoms with E-state index in [9.17, 15) is 16.8 Å². The number of benzene rings is 6. The summed E-state index contributed by atoms with van der Waals surface area (Å²) in [4.78, 5) is 0.313. The molecule has 0 aliphatic carbocycles. The van der Waals surface area contributed by atoms with E-state index < -0.39 is 36.2 Å². The summed E-state index contributed by atoms with van der Waals surface area (Å²) in [5.74, 6) is 0. The Morgan fingerprint density at radius 1 is 0.380 bits per heavy atom. The molecule has 0 radical (unpaired) electrons. The molecule has 0 aliphatic rings. The molecule has 50 heavy (non-hydrogen) atoms. The number of hydrogen-bond donors (Lipinski definition) is 0. The van der Waals surface area contributed by atoms with E-state index in [0.717, 1.165) is 32.3 Å². The van der Waals surface area contributed by atoms with Crippen LogP contribution in [-0.4, -0.2) is 38.1 Å². The summed E-state index contributed by atoms with van der Waals surface area (Å²) in [6, 6.07) is 52.1. The molecule has 6 rings (SSSR count). The Kier molecular flexibility index (Phi) is 11.4. The molecule has 0 aromatic heterocycles. The van der Waals surface area contributed by atoms with Crippen molar-refractivity contribution < 1.29 is 16.8 Å². The third kappa shape index (κ3) is 7.98. The molecule has 0 amide bonds. The molecule has 0 bridgehead atoms. The zero-order valence-electron chi connectivity index (χ0n) is 27.8. The van der Waals surface area contributed by atoms with Crippen molar-refractivity contribution >= 4 is 57.4 Å². The molecule has 6 aromatic rings. The number of rotatable bonds is 13. The number of aryl methyl sites for hydroxylation is 2. The lowest BCUT2D eigenvalue weighted by Crippen LogP contribution is -2.42. The lowest BCUT2D eigenvalue weighted by Gasteiger charge is -2.36. The molecule has 10 heteroatoms. The first-order chi connectivity index (χ1) is 24.2. The van der Waals surface area contributed by atoms with E-state index in [0.29, 0.717) is 0 Å². The summed E-state index contributed by atoms with van der Waals surface area (Å²) >= 11 is 0. The first-order valence-corrected chi connectivity index (χ1v) is 21.6. The minimum atomic E-state index is -4.13. The Labute approximate surface area is 298 Å². The molecule has 254 valence electrons. The third-order valence-electron chi connectivity index (χ3n) is 8.12. The number of sulfonamides is 2. The summed E-state index contributed by atoms with van der Waals surface area (Å²) in [5, 5.41) is 3.35. The van der Waals surface area contributed by atoms with Gasteiger partial charge in [0.05, 0.1) is 9.79 Å². The maximum Gasteiger partial charge on any atom is 0.247 e. The second-order valence-electron chi connectivity index (χ2n) is 11.7. The quantitative estimate of drug-likeness (QED) is 0.119. The van der Waals surface area contributed by atoms with Gasteiger partial charge in [0.1, 0.15) is 0 Å². The first kappa shape index (κ1) is 35.8. The Balaban J connectivity index is 1.54. The van der Waals surface area contributed by atoms with Crippen LogP contribution >= 0.6 is 16.1 Å². The van der Waals surface area contributed by atoms with Crippen LogP contribution in [0.3, 0.4) is 0 Å². The SMILES string of the molecule is Cc1ccc(S(=O)(=O)N(CCN(P(c2ccccc2)c2ccccc2)S(=O)(=O)c2ccc(C)cc2)P(c2ccccc2)c2ccccc2)cc1. The Morgan fingerprint density at radius 3 is 0.860 bits per heavy atom. The van der Waals surface area contributed by atoms with Crippen LogP contribution in [0, 0.1) is 13.8 Å². The van der Waals surface area contributed by atoms with Gasteiger partial charge in [-0.25, -0.2) is 16.8 Å². The fourth-order valence-electron chi connectivity index (χ4n) is 5.58. The highest BCUT2D eigenvalue weighted by atomic mass is 32.2. The number of nitrogens with zero attached hydrogens (tertiary/aromatic N) is 2. The van der Waals surface area contributed by atoms with Crippen molar-refractivity contribution in [2.24, 2.45) is 0 Å². The molecule has 0 N–H and O–H groups in total.